The Labute approximate surface area is 248 Å². The molecule has 0 spiro atoms. The molecule has 10 heteroatoms. The molecule has 0 unspecified atom stereocenters. The van der Waals surface area contributed by atoms with E-state index in [4.69, 9.17) is 18.9 Å². The predicted molar refractivity (Wildman–Crippen MR) is 161 cm³/mol. The summed E-state index contributed by atoms with van der Waals surface area (Å²) >= 11 is 1.25. The normalized spacial score (nSPS) is 14.8. The SMILES string of the molecule is CCCOc1ccc(/C=c2\sc3n(c2=O)[C@@H](c2ccc(OC(C)=O)c(OCC)c2)C(C(=O)OCC(C)C)=C(C)N=3)cc1. The molecule has 0 saturated heterocycles. The lowest BCUT2D eigenvalue weighted by Crippen LogP contribution is -2.40. The van der Waals surface area contributed by atoms with E-state index in [1.165, 1.54) is 22.8 Å². The quantitative estimate of drug-likeness (QED) is 0.238. The van der Waals surface area contributed by atoms with Gasteiger partial charge in [-0.2, -0.15) is 0 Å². The number of thiazole rings is 1. The summed E-state index contributed by atoms with van der Waals surface area (Å²) in [6.45, 7) is 12.0. The predicted octanol–water partition coefficient (Wildman–Crippen LogP) is 4.55. The van der Waals surface area contributed by atoms with Crippen LogP contribution in [0, 0.1) is 5.92 Å². The van der Waals surface area contributed by atoms with Crippen LogP contribution in [0.5, 0.6) is 17.2 Å². The van der Waals surface area contributed by atoms with E-state index in [-0.39, 0.29) is 29.4 Å². The number of nitrogens with zero attached hydrogens (tertiary/aromatic N) is 2. The summed E-state index contributed by atoms with van der Waals surface area (Å²) < 4.78 is 24.4. The van der Waals surface area contributed by atoms with Gasteiger partial charge in [-0.3, -0.25) is 14.2 Å². The maximum Gasteiger partial charge on any atom is 0.338 e. The molecule has 0 fully saturated rings. The maximum atomic E-state index is 14.0. The number of allylic oxidation sites excluding steroid dienone is 1. The topological polar surface area (TPSA) is 105 Å². The molecule has 0 saturated carbocycles. The van der Waals surface area contributed by atoms with Crippen LogP contribution in [0.15, 0.2) is 63.5 Å². The molecule has 1 atom stereocenters. The van der Waals surface area contributed by atoms with Crippen molar-refractivity contribution in [2.24, 2.45) is 10.9 Å². The molecule has 0 radical (unpaired) electrons. The minimum atomic E-state index is -0.835. The molecule has 1 aliphatic rings. The molecule has 9 nitrogen and oxygen atoms in total. The minimum Gasteiger partial charge on any atom is -0.494 e. The Morgan fingerprint density at radius 3 is 2.45 bits per heavy atom. The molecule has 1 aliphatic heterocycles. The molecule has 2 aromatic carbocycles. The smallest absolute Gasteiger partial charge is 0.338 e. The molecule has 0 bridgehead atoms. The number of hydrogen-bond acceptors (Lipinski definition) is 9. The van der Waals surface area contributed by atoms with Crippen molar-refractivity contribution in [1.82, 2.24) is 4.57 Å². The van der Waals surface area contributed by atoms with E-state index in [0.29, 0.717) is 39.6 Å². The van der Waals surface area contributed by atoms with Gasteiger partial charge in [-0.05, 0) is 67.7 Å². The summed E-state index contributed by atoms with van der Waals surface area (Å²) in [5.41, 5.74) is 1.84. The second-order valence-corrected chi connectivity index (χ2v) is 11.2. The molecule has 0 aliphatic carbocycles. The van der Waals surface area contributed by atoms with Crippen molar-refractivity contribution in [1.29, 1.82) is 0 Å². The molecule has 1 aromatic heterocycles. The van der Waals surface area contributed by atoms with Crippen LogP contribution in [0.25, 0.3) is 6.08 Å². The number of ether oxygens (including phenoxy) is 4. The van der Waals surface area contributed by atoms with Crippen LogP contribution in [0.2, 0.25) is 0 Å². The van der Waals surface area contributed by atoms with E-state index in [2.05, 4.69) is 4.99 Å². The first-order valence-electron chi connectivity index (χ1n) is 14.0. The van der Waals surface area contributed by atoms with Gasteiger partial charge in [0.25, 0.3) is 5.56 Å². The van der Waals surface area contributed by atoms with Crippen molar-refractivity contribution < 1.29 is 28.5 Å². The van der Waals surface area contributed by atoms with Gasteiger partial charge >= 0.3 is 11.9 Å². The number of esters is 2. The average Bonchev–Trinajstić information content (AvgIpc) is 3.25. The van der Waals surface area contributed by atoms with E-state index in [9.17, 15) is 14.4 Å². The fourth-order valence-corrected chi connectivity index (χ4v) is 5.50. The Morgan fingerprint density at radius 1 is 1.07 bits per heavy atom. The zero-order chi connectivity index (χ0) is 30.4. The second kappa shape index (κ2) is 13.7. The summed E-state index contributed by atoms with van der Waals surface area (Å²) in [7, 11) is 0. The fourth-order valence-electron chi connectivity index (χ4n) is 4.45. The Morgan fingerprint density at radius 2 is 1.81 bits per heavy atom. The highest BCUT2D eigenvalue weighted by Gasteiger charge is 2.34. The van der Waals surface area contributed by atoms with Gasteiger partial charge in [0.15, 0.2) is 16.3 Å². The first kappa shape index (κ1) is 30.8. The van der Waals surface area contributed by atoms with Gasteiger partial charge in [-0.1, -0.05) is 50.3 Å². The van der Waals surface area contributed by atoms with Crippen molar-refractivity contribution in [3.8, 4) is 17.2 Å². The Kier molecular flexibility index (Phi) is 10.0. The van der Waals surface area contributed by atoms with Crippen molar-refractivity contribution >= 4 is 29.4 Å². The molecule has 4 rings (SSSR count). The molecular formula is C32H36N2O7S. The lowest BCUT2D eigenvalue weighted by molar-refractivity contribution is -0.140. The highest BCUT2D eigenvalue weighted by Crippen LogP contribution is 2.36. The highest BCUT2D eigenvalue weighted by molar-refractivity contribution is 7.07. The number of rotatable bonds is 11. The Bertz CT molecular complexity index is 1670. The van der Waals surface area contributed by atoms with Gasteiger partial charge < -0.3 is 18.9 Å². The monoisotopic (exact) mass is 592 g/mol. The summed E-state index contributed by atoms with van der Waals surface area (Å²) in [5, 5.41) is 0. The maximum absolute atomic E-state index is 14.0. The van der Waals surface area contributed by atoms with Crippen molar-refractivity contribution in [2.75, 3.05) is 19.8 Å². The number of aromatic nitrogens is 1. The molecule has 0 amide bonds. The summed E-state index contributed by atoms with van der Waals surface area (Å²) in [5.74, 6) is 0.418. The number of carbonyl (C=O) groups is 2. The van der Waals surface area contributed by atoms with E-state index in [1.54, 1.807) is 31.2 Å². The van der Waals surface area contributed by atoms with Gasteiger partial charge in [0.05, 0.1) is 41.7 Å². The van der Waals surface area contributed by atoms with Gasteiger partial charge in [0.1, 0.15) is 5.75 Å². The van der Waals surface area contributed by atoms with E-state index in [0.717, 1.165) is 17.7 Å². The largest absolute Gasteiger partial charge is 0.494 e. The first-order valence-corrected chi connectivity index (χ1v) is 14.8. The number of hydrogen-bond donors (Lipinski definition) is 0. The van der Waals surface area contributed by atoms with E-state index in [1.807, 2.05) is 52.0 Å². The van der Waals surface area contributed by atoms with Gasteiger partial charge in [-0.15, -0.1) is 0 Å². The van der Waals surface area contributed by atoms with Crippen LogP contribution < -0.4 is 29.1 Å². The Balaban J connectivity index is 1.86. The van der Waals surface area contributed by atoms with Crippen LogP contribution in [0.3, 0.4) is 0 Å². The summed E-state index contributed by atoms with van der Waals surface area (Å²) in [6.07, 6.45) is 2.71. The minimum absolute atomic E-state index is 0.126. The molecule has 0 N–H and O–H groups in total. The number of fused-ring (bicyclic) bond motifs is 1. The second-order valence-electron chi connectivity index (χ2n) is 10.2. The molecular weight excluding hydrogens is 556 g/mol. The summed E-state index contributed by atoms with van der Waals surface area (Å²) in [4.78, 5) is 44.2. The van der Waals surface area contributed by atoms with Gasteiger partial charge in [-0.25, -0.2) is 9.79 Å². The number of benzene rings is 2. The highest BCUT2D eigenvalue weighted by atomic mass is 32.1. The first-order chi connectivity index (χ1) is 20.1. The fraction of sp³-hybridized carbons (Fsp3) is 0.375. The van der Waals surface area contributed by atoms with Crippen LogP contribution in [0.1, 0.15) is 65.1 Å². The number of carbonyl (C=O) groups excluding carboxylic acids is 2. The van der Waals surface area contributed by atoms with Crippen LogP contribution in [0.4, 0.5) is 0 Å². The van der Waals surface area contributed by atoms with E-state index >= 15 is 0 Å². The standard InChI is InChI=1S/C32H36N2O7S/c1-7-15-39-24-12-9-22(10-13-24)16-27-30(36)34-29(23-11-14-25(41-21(6)35)26(17-23)38-8-2)28(20(5)33-32(34)42-27)31(37)40-18-19(3)4/h9-14,16-17,19,29H,7-8,15,18H2,1-6H3/b27-16-/t29-/m0/s1. The lowest BCUT2D eigenvalue weighted by Gasteiger charge is -2.25. The van der Waals surface area contributed by atoms with Crippen LogP contribution in [-0.2, 0) is 14.3 Å². The van der Waals surface area contributed by atoms with Gasteiger partial charge in [0, 0.05) is 6.92 Å². The van der Waals surface area contributed by atoms with Crippen LogP contribution in [-0.4, -0.2) is 36.3 Å². The van der Waals surface area contributed by atoms with Crippen molar-refractivity contribution in [3.05, 3.63) is 84.5 Å². The third kappa shape index (κ3) is 6.99. The van der Waals surface area contributed by atoms with E-state index < -0.39 is 18.0 Å². The Hall–Kier alpha value is -4.18. The molecule has 2 heterocycles. The average molecular weight is 593 g/mol. The zero-order valence-corrected chi connectivity index (χ0v) is 25.6. The summed E-state index contributed by atoms with van der Waals surface area (Å²) in [6, 6.07) is 11.7. The third-order valence-electron chi connectivity index (χ3n) is 6.28. The zero-order valence-electron chi connectivity index (χ0n) is 24.8. The van der Waals surface area contributed by atoms with Crippen molar-refractivity contribution in [3.63, 3.8) is 0 Å². The lowest BCUT2D eigenvalue weighted by atomic mass is 9.95. The molecule has 222 valence electrons. The van der Waals surface area contributed by atoms with Crippen molar-refractivity contribution in [2.45, 2.75) is 54.0 Å². The molecule has 42 heavy (non-hydrogen) atoms. The molecule has 3 aromatic rings. The third-order valence-corrected chi connectivity index (χ3v) is 7.26. The van der Waals surface area contributed by atoms with Gasteiger partial charge in [0.2, 0.25) is 0 Å². The van der Waals surface area contributed by atoms with Crippen LogP contribution >= 0.6 is 11.3 Å².